The van der Waals surface area contributed by atoms with Crippen LogP contribution in [-0.4, -0.2) is 23.9 Å². The SMILES string of the molecule is CCCc1ccc(Cc2ccc(C3=NCCN3N)cc2)cc1. The van der Waals surface area contributed by atoms with E-state index in [4.69, 9.17) is 5.84 Å². The zero-order valence-corrected chi connectivity index (χ0v) is 13.1. The van der Waals surface area contributed by atoms with Gasteiger partial charge < -0.3 is 0 Å². The van der Waals surface area contributed by atoms with E-state index in [-0.39, 0.29) is 0 Å². The fourth-order valence-corrected chi connectivity index (χ4v) is 2.84. The van der Waals surface area contributed by atoms with E-state index in [9.17, 15) is 0 Å². The Bertz CT molecular complexity index is 641. The maximum Gasteiger partial charge on any atom is 0.145 e. The van der Waals surface area contributed by atoms with Gasteiger partial charge in [-0.1, -0.05) is 61.9 Å². The second kappa shape index (κ2) is 6.75. The molecule has 0 spiro atoms. The summed E-state index contributed by atoms with van der Waals surface area (Å²) in [6, 6.07) is 17.5. The highest BCUT2D eigenvalue weighted by atomic mass is 15.5. The minimum atomic E-state index is 0.789. The fourth-order valence-electron chi connectivity index (χ4n) is 2.84. The van der Waals surface area contributed by atoms with Gasteiger partial charge in [-0.2, -0.15) is 0 Å². The molecule has 1 heterocycles. The molecule has 0 amide bonds. The smallest absolute Gasteiger partial charge is 0.145 e. The number of nitrogens with two attached hydrogens (primary N) is 1. The number of amidine groups is 1. The summed E-state index contributed by atoms with van der Waals surface area (Å²) in [7, 11) is 0. The van der Waals surface area contributed by atoms with E-state index < -0.39 is 0 Å². The molecule has 3 heteroatoms. The van der Waals surface area contributed by atoms with Crippen LogP contribution in [0.2, 0.25) is 0 Å². The highest BCUT2D eigenvalue weighted by molar-refractivity contribution is 5.99. The predicted molar refractivity (Wildman–Crippen MR) is 92.0 cm³/mol. The predicted octanol–water partition coefficient (Wildman–Crippen LogP) is 3.17. The number of nitrogens with zero attached hydrogens (tertiary/aromatic N) is 2. The first kappa shape index (κ1) is 14.8. The quantitative estimate of drug-likeness (QED) is 0.860. The first-order chi connectivity index (χ1) is 10.8. The van der Waals surface area contributed by atoms with E-state index in [1.165, 1.54) is 23.1 Å². The summed E-state index contributed by atoms with van der Waals surface area (Å²) in [5.41, 5.74) is 5.19. The fraction of sp³-hybridized carbons (Fsp3) is 0.316. The first-order valence-corrected chi connectivity index (χ1v) is 8.00. The van der Waals surface area contributed by atoms with E-state index in [0.29, 0.717) is 0 Å². The summed E-state index contributed by atoms with van der Waals surface area (Å²) in [4.78, 5) is 4.45. The van der Waals surface area contributed by atoms with Crippen LogP contribution in [0.25, 0.3) is 0 Å². The normalized spacial score (nSPS) is 14.3. The van der Waals surface area contributed by atoms with Crippen molar-refractivity contribution in [3.63, 3.8) is 0 Å². The topological polar surface area (TPSA) is 41.6 Å². The van der Waals surface area contributed by atoms with Crippen LogP contribution in [0, 0.1) is 0 Å². The van der Waals surface area contributed by atoms with Gasteiger partial charge in [0.25, 0.3) is 0 Å². The average Bonchev–Trinajstić information content (AvgIpc) is 2.96. The lowest BCUT2D eigenvalue weighted by Crippen LogP contribution is -2.34. The van der Waals surface area contributed by atoms with Crippen LogP contribution < -0.4 is 5.84 Å². The van der Waals surface area contributed by atoms with Gasteiger partial charge in [0, 0.05) is 5.56 Å². The summed E-state index contributed by atoms with van der Waals surface area (Å²) in [5.74, 6) is 6.81. The lowest BCUT2D eigenvalue weighted by Gasteiger charge is -2.13. The maximum atomic E-state index is 5.91. The van der Waals surface area contributed by atoms with Crippen LogP contribution >= 0.6 is 0 Å². The molecule has 0 aliphatic carbocycles. The molecule has 0 unspecified atom stereocenters. The average molecular weight is 293 g/mol. The number of benzene rings is 2. The van der Waals surface area contributed by atoms with E-state index >= 15 is 0 Å². The third-order valence-electron chi connectivity index (χ3n) is 4.06. The molecular weight excluding hydrogens is 270 g/mol. The Labute approximate surface area is 132 Å². The molecule has 0 bridgehead atoms. The van der Waals surface area contributed by atoms with Crippen LogP contribution in [0.1, 0.15) is 35.6 Å². The largest absolute Gasteiger partial charge is 0.293 e. The van der Waals surface area contributed by atoms with Gasteiger partial charge >= 0.3 is 0 Å². The molecule has 0 aromatic heterocycles. The van der Waals surface area contributed by atoms with Gasteiger partial charge in [-0.15, -0.1) is 0 Å². The van der Waals surface area contributed by atoms with Gasteiger partial charge in [-0.05, 0) is 29.5 Å². The molecule has 22 heavy (non-hydrogen) atoms. The van der Waals surface area contributed by atoms with Crippen LogP contribution in [0.5, 0.6) is 0 Å². The van der Waals surface area contributed by atoms with Gasteiger partial charge in [0.1, 0.15) is 5.84 Å². The van der Waals surface area contributed by atoms with Crippen molar-refractivity contribution < 1.29 is 0 Å². The summed E-state index contributed by atoms with van der Waals surface area (Å²) in [5, 5.41) is 1.72. The van der Waals surface area contributed by atoms with Crippen LogP contribution in [0.15, 0.2) is 53.5 Å². The highest BCUT2D eigenvalue weighted by Gasteiger charge is 2.14. The third-order valence-corrected chi connectivity index (χ3v) is 4.06. The summed E-state index contributed by atoms with van der Waals surface area (Å²) < 4.78 is 0. The molecule has 1 aliphatic heterocycles. The van der Waals surface area contributed by atoms with Crippen molar-refractivity contribution in [2.24, 2.45) is 10.8 Å². The minimum absolute atomic E-state index is 0.789. The second-order valence-electron chi connectivity index (χ2n) is 5.84. The number of hydrogen-bond acceptors (Lipinski definition) is 3. The van der Waals surface area contributed by atoms with Crippen molar-refractivity contribution in [1.82, 2.24) is 5.01 Å². The Morgan fingerprint density at radius 1 is 0.955 bits per heavy atom. The highest BCUT2D eigenvalue weighted by Crippen LogP contribution is 2.15. The van der Waals surface area contributed by atoms with Crippen molar-refractivity contribution in [2.45, 2.75) is 26.2 Å². The van der Waals surface area contributed by atoms with Gasteiger partial charge in [-0.25, -0.2) is 5.84 Å². The number of hydrogen-bond donors (Lipinski definition) is 1. The zero-order valence-electron chi connectivity index (χ0n) is 13.1. The van der Waals surface area contributed by atoms with E-state index in [0.717, 1.165) is 37.3 Å². The monoisotopic (exact) mass is 293 g/mol. The molecule has 3 nitrogen and oxygen atoms in total. The molecule has 0 radical (unpaired) electrons. The number of aryl methyl sites for hydroxylation is 1. The van der Waals surface area contributed by atoms with Crippen molar-refractivity contribution in [3.05, 3.63) is 70.8 Å². The van der Waals surface area contributed by atoms with Crippen molar-refractivity contribution >= 4 is 5.84 Å². The summed E-state index contributed by atoms with van der Waals surface area (Å²) >= 11 is 0. The minimum Gasteiger partial charge on any atom is -0.293 e. The van der Waals surface area contributed by atoms with Gasteiger partial charge in [-0.3, -0.25) is 10.0 Å². The van der Waals surface area contributed by atoms with Gasteiger partial charge in [0.05, 0.1) is 13.1 Å². The van der Waals surface area contributed by atoms with Gasteiger partial charge in [0.2, 0.25) is 0 Å². The Morgan fingerprint density at radius 2 is 1.55 bits per heavy atom. The molecule has 0 saturated carbocycles. The molecule has 0 saturated heterocycles. The third kappa shape index (κ3) is 3.37. The molecule has 0 atom stereocenters. The summed E-state index contributed by atoms with van der Waals surface area (Å²) in [6.45, 7) is 3.81. The van der Waals surface area contributed by atoms with Crippen molar-refractivity contribution in [1.29, 1.82) is 0 Å². The first-order valence-electron chi connectivity index (χ1n) is 8.00. The molecular formula is C19H23N3. The maximum absolute atomic E-state index is 5.91. The molecule has 3 rings (SSSR count). The van der Waals surface area contributed by atoms with Crippen LogP contribution in [0.4, 0.5) is 0 Å². The second-order valence-corrected chi connectivity index (χ2v) is 5.84. The zero-order chi connectivity index (χ0) is 15.4. The molecule has 0 fully saturated rings. The Hall–Kier alpha value is -2.13. The van der Waals surface area contributed by atoms with Crippen LogP contribution in [-0.2, 0) is 12.8 Å². The standard InChI is InChI=1S/C19H23N3/c1-2-3-15-4-6-16(7-5-15)14-17-8-10-18(11-9-17)19-21-12-13-22(19)20/h4-11H,2-3,12-14,20H2,1H3. The Balaban J connectivity index is 1.68. The molecule has 1 aliphatic rings. The number of rotatable bonds is 5. The molecule has 2 aromatic carbocycles. The van der Waals surface area contributed by atoms with Gasteiger partial charge in [0.15, 0.2) is 0 Å². The number of hydrazine groups is 1. The van der Waals surface area contributed by atoms with Crippen molar-refractivity contribution in [3.8, 4) is 0 Å². The summed E-state index contributed by atoms with van der Waals surface area (Å²) in [6.07, 6.45) is 3.32. The lowest BCUT2D eigenvalue weighted by molar-refractivity contribution is 0.484. The van der Waals surface area contributed by atoms with E-state index in [2.05, 4.69) is 60.4 Å². The van der Waals surface area contributed by atoms with Crippen LogP contribution in [0.3, 0.4) is 0 Å². The lowest BCUT2D eigenvalue weighted by atomic mass is 10.0. The molecule has 2 aromatic rings. The molecule has 2 N–H and O–H groups in total. The molecule has 114 valence electrons. The Morgan fingerprint density at radius 3 is 2.09 bits per heavy atom. The van der Waals surface area contributed by atoms with E-state index in [1.807, 2.05) is 0 Å². The number of aliphatic imine (C=N–C) groups is 1. The van der Waals surface area contributed by atoms with Crippen molar-refractivity contribution in [2.75, 3.05) is 13.1 Å². The Kier molecular flexibility index (Phi) is 4.54. The van der Waals surface area contributed by atoms with E-state index in [1.54, 1.807) is 5.01 Å².